The van der Waals surface area contributed by atoms with E-state index in [0.29, 0.717) is 5.92 Å². The average Bonchev–Trinajstić information content (AvgIpc) is 2.65. The molecular weight excluding hydrogens is 194 g/mol. The van der Waals surface area contributed by atoms with Gasteiger partial charge < -0.3 is 5.32 Å². The van der Waals surface area contributed by atoms with Gasteiger partial charge in [0.05, 0.1) is 0 Å². The fourth-order valence-corrected chi connectivity index (χ4v) is 2.49. The van der Waals surface area contributed by atoms with E-state index in [1.165, 1.54) is 12.0 Å². The van der Waals surface area contributed by atoms with Crippen LogP contribution in [0.2, 0.25) is 5.02 Å². The van der Waals surface area contributed by atoms with Gasteiger partial charge in [0.25, 0.3) is 0 Å². The third-order valence-corrected chi connectivity index (χ3v) is 3.38. The van der Waals surface area contributed by atoms with E-state index in [1.54, 1.807) is 0 Å². The Morgan fingerprint density at radius 2 is 2.29 bits per heavy atom. The number of benzene rings is 1. The van der Waals surface area contributed by atoms with Crippen molar-refractivity contribution in [1.29, 1.82) is 0 Å². The van der Waals surface area contributed by atoms with E-state index in [2.05, 4.69) is 24.4 Å². The van der Waals surface area contributed by atoms with Crippen LogP contribution in [0.5, 0.6) is 0 Å². The summed E-state index contributed by atoms with van der Waals surface area (Å²) in [4.78, 5) is 0. The van der Waals surface area contributed by atoms with Gasteiger partial charge in [-0.1, -0.05) is 37.1 Å². The fraction of sp³-hybridized carbons (Fsp3) is 0.500. The maximum atomic E-state index is 5.99. The van der Waals surface area contributed by atoms with Gasteiger partial charge in [-0.25, -0.2) is 0 Å². The van der Waals surface area contributed by atoms with Crippen LogP contribution in [-0.2, 0) is 0 Å². The van der Waals surface area contributed by atoms with Crippen molar-refractivity contribution >= 4 is 11.6 Å². The van der Waals surface area contributed by atoms with Crippen molar-refractivity contribution < 1.29 is 0 Å². The minimum Gasteiger partial charge on any atom is -0.316 e. The standard InChI is InChI=1S/C12H16ClN/c1-2-9-7-14-8-12(9)10-4-3-5-11(13)6-10/h3-6,9,12,14H,2,7-8H2,1H3/t9-,12-/m1/s1. The molecule has 14 heavy (non-hydrogen) atoms. The first-order valence-corrected chi connectivity index (χ1v) is 5.65. The molecule has 0 spiro atoms. The normalized spacial score (nSPS) is 26.7. The lowest BCUT2D eigenvalue weighted by Crippen LogP contribution is -2.09. The monoisotopic (exact) mass is 209 g/mol. The quantitative estimate of drug-likeness (QED) is 0.790. The summed E-state index contributed by atoms with van der Waals surface area (Å²) in [5.74, 6) is 1.42. The molecule has 0 saturated carbocycles. The van der Waals surface area contributed by atoms with Crippen LogP contribution in [0.15, 0.2) is 24.3 Å². The predicted molar refractivity (Wildman–Crippen MR) is 60.8 cm³/mol. The number of nitrogens with one attached hydrogen (secondary N) is 1. The van der Waals surface area contributed by atoms with E-state index in [-0.39, 0.29) is 0 Å². The molecule has 0 amide bonds. The summed E-state index contributed by atoms with van der Waals surface area (Å²) in [6, 6.07) is 8.27. The molecule has 76 valence electrons. The number of halogens is 1. The summed E-state index contributed by atoms with van der Waals surface area (Å²) in [6.45, 7) is 4.50. The third-order valence-electron chi connectivity index (χ3n) is 3.14. The Hall–Kier alpha value is -0.530. The van der Waals surface area contributed by atoms with E-state index >= 15 is 0 Å². The highest BCUT2D eigenvalue weighted by Crippen LogP contribution is 2.31. The molecule has 2 rings (SSSR count). The second kappa shape index (κ2) is 4.33. The van der Waals surface area contributed by atoms with Gasteiger partial charge in [0, 0.05) is 17.5 Å². The second-order valence-corrected chi connectivity index (χ2v) is 4.42. The molecule has 1 aliphatic rings. The molecule has 1 aromatic rings. The zero-order chi connectivity index (χ0) is 9.97. The molecule has 1 aromatic carbocycles. The molecule has 0 bridgehead atoms. The van der Waals surface area contributed by atoms with Crippen molar-refractivity contribution in [2.45, 2.75) is 19.3 Å². The lowest BCUT2D eigenvalue weighted by molar-refractivity contribution is 0.503. The Kier molecular flexibility index (Phi) is 3.09. The highest BCUT2D eigenvalue weighted by atomic mass is 35.5. The van der Waals surface area contributed by atoms with Gasteiger partial charge in [-0.05, 0) is 30.2 Å². The SMILES string of the molecule is CC[C@@H]1CNC[C@H]1c1cccc(Cl)c1. The average molecular weight is 210 g/mol. The zero-order valence-electron chi connectivity index (χ0n) is 8.46. The van der Waals surface area contributed by atoms with Gasteiger partial charge >= 0.3 is 0 Å². The first-order valence-electron chi connectivity index (χ1n) is 5.27. The minimum atomic E-state index is 0.652. The zero-order valence-corrected chi connectivity index (χ0v) is 9.22. The van der Waals surface area contributed by atoms with Crippen LogP contribution in [0.1, 0.15) is 24.8 Å². The Bertz CT molecular complexity index is 311. The first-order chi connectivity index (χ1) is 6.81. The maximum absolute atomic E-state index is 5.99. The van der Waals surface area contributed by atoms with Crippen molar-refractivity contribution in [2.24, 2.45) is 5.92 Å². The van der Waals surface area contributed by atoms with E-state index in [1.807, 2.05) is 12.1 Å². The van der Waals surface area contributed by atoms with E-state index in [4.69, 9.17) is 11.6 Å². The highest BCUT2D eigenvalue weighted by Gasteiger charge is 2.26. The maximum Gasteiger partial charge on any atom is 0.0408 e. The van der Waals surface area contributed by atoms with Crippen LogP contribution in [0.4, 0.5) is 0 Å². The van der Waals surface area contributed by atoms with E-state index < -0.39 is 0 Å². The van der Waals surface area contributed by atoms with Gasteiger partial charge in [-0.2, -0.15) is 0 Å². The summed E-state index contributed by atoms with van der Waals surface area (Å²) in [7, 11) is 0. The summed E-state index contributed by atoms with van der Waals surface area (Å²) < 4.78 is 0. The van der Waals surface area contributed by atoms with Crippen LogP contribution >= 0.6 is 11.6 Å². The van der Waals surface area contributed by atoms with E-state index in [9.17, 15) is 0 Å². The molecular formula is C12H16ClN. The van der Waals surface area contributed by atoms with Crippen LogP contribution in [0, 0.1) is 5.92 Å². The van der Waals surface area contributed by atoms with E-state index in [0.717, 1.165) is 24.0 Å². The molecule has 1 fully saturated rings. The summed E-state index contributed by atoms with van der Waals surface area (Å²) in [5, 5.41) is 4.30. The number of hydrogen-bond donors (Lipinski definition) is 1. The van der Waals surface area contributed by atoms with Gasteiger partial charge in [0.15, 0.2) is 0 Å². The number of rotatable bonds is 2. The molecule has 2 heteroatoms. The van der Waals surface area contributed by atoms with Gasteiger partial charge in [-0.15, -0.1) is 0 Å². The Morgan fingerprint density at radius 1 is 1.43 bits per heavy atom. The van der Waals surface area contributed by atoms with Crippen molar-refractivity contribution in [3.63, 3.8) is 0 Å². The lowest BCUT2D eigenvalue weighted by atomic mass is 9.87. The topological polar surface area (TPSA) is 12.0 Å². The Labute approximate surface area is 90.5 Å². The molecule has 0 aromatic heterocycles. The first kappa shape index (κ1) is 10.0. The molecule has 1 aliphatic heterocycles. The van der Waals surface area contributed by atoms with Crippen molar-refractivity contribution in [3.8, 4) is 0 Å². The van der Waals surface area contributed by atoms with Crippen LogP contribution in [-0.4, -0.2) is 13.1 Å². The Balaban J connectivity index is 2.21. The summed E-state index contributed by atoms with van der Waals surface area (Å²) in [6.07, 6.45) is 1.24. The smallest absolute Gasteiger partial charge is 0.0408 e. The summed E-state index contributed by atoms with van der Waals surface area (Å²) >= 11 is 5.99. The number of hydrogen-bond acceptors (Lipinski definition) is 1. The van der Waals surface area contributed by atoms with Gasteiger partial charge in [-0.3, -0.25) is 0 Å². The highest BCUT2D eigenvalue weighted by molar-refractivity contribution is 6.30. The van der Waals surface area contributed by atoms with Crippen molar-refractivity contribution in [1.82, 2.24) is 5.32 Å². The third kappa shape index (κ3) is 1.94. The molecule has 1 nitrogen and oxygen atoms in total. The van der Waals surface area contributed by atoms with Crippen LogP contribution < -0.4 is 5.32 Å². The molecule has 1 saturated heterocycles. The predicted octanol–water partition coefficient (Wildman–Crippen LogP) is 3.05. The van der Waals surface area contributed by atoms with Crippen LogP contribution in [0.3, 0.4) is 0 Å². The Morgan fingerprint density at radius 3 is 3.00 bits per heavy atom. The molecule has 0 aliphatic carbocycles. The fourth-order valence-electron chi connectivity index (χ4n) is 2.29. The minimum absolute atomic E-state index is 0.652. The summed E-state index contributed by atoms with van der Waals surface area (Å²) in [5.41, 5.74) is 1.38. The molecule has 2 atom stereocenters. The molecule has 0 unspecified atom stereocenters. The van der Waals surface area contributed by atoms with Gasteiger partial charge in [0.1, 0.15) is 0 Å². The van der Waals surface area contributed by atoms with Crippen LogP contribution in [0.25, 0.3) is 0 Å². The second-order valence-electron chi connectivity index (χ2n) is 3.99. The van der Waals surface area contributed by atoms with Crippen molar-refractivity contribution in [3.05, 3.63) is 34.9 Å². The van der Waals surface area contributed by atoms with Gasteiger partial charge in [0.2, 0.25) is 0 Å². The molecule has 1 heterocycles. The van der Waals surface area contributed by atoms with Crippen molar-refractivity contribution in [2.75, 3.05) is 13.1 Å². The molecule has 1 N–H and O–H groups in total. The molecule has 0 radical (unpaired) electrons. The largest absolute Gasteiger partial charge is 0.316 e. The lowest BCUT2D eigenvalue weighted by Gasteiger charge is -2.17.